The molecule has 0 aromatic carbocycles. The number of carbonyl (C=O) groups excluding carboxylic acids is 3. The Labute approximate surface area is 167 Å². The molecule has 0 aromatic heterocycles. The molecule has 0 unspecified atom stereocenters. The Kier molecular flexibility index (Phi) is 4.57. The summed E-state index contributed by atoms with van der Waals surface area (Å²) in [6, 6.07) is 0. The third-order valence-electron chi connectivity index (χ3n) is 9.37. The first kappa shape index (κ1) is 20.1. The number of aliphatic hydroxyl groups is 1. The van der Waals surface area contributed by atoms with Crippen LogP contribution in [-0.2, 0) is 19.1 Å². The Bertz CT molecular complexity index is 716. The van der Waals surface area contributed by atoms with Gasteiger partial charge in [0.15, 0.2) is 5.78 Å². The molecule has 4 rings (SSSR count). The second-order valence-corrected chi connectivity index (χ2v) is 10.5. The minimum absolute atomic E-state index is 0.0110. The largest absolute Gasteiger partial charge is 0.463 e. The van der Waals surface area contributed by atoms with Crippen LogP contribution in [0.15, 0.2) is 0 Å². The van der Waals surface area contributed by atoms with E-state index in [2.05, 4.69) is 6.92 Å². The molecule has 5 nitrogen and oxygen atoms in total. The molecular formula is C23H34O5. The molecule has 0 amide bonds. The Morgan fingerprint density at radius 2 is 1.79 bits per heavy atom. The van der Waals surface area contributed by atoms with Crippen LogP contribution in [0.4, 0.5) is 0 Å². The van der Waals surface area contributed by atoms with Crippen LogP contribution >= 0.6 is 0 Å². The molecule has 0 spiro atoms. The highest BCUT2D eigenvalue weighted by Gasteiger charge is 2.68. The lowest BCUT2D eigenvalue weighted by molar-refractivity contribution is -0.181. The van der Waals surface area contributed by atoms with Crippen molar-refractivity contribution in [3.63, 3.8) is 0 Å². The van der Waals surface area contributed by atoms with Gasteiger partial charge < -0.3 is 9.84 Å². The molecule has 4 fully saturated rings. The van der Waals surface area contributed by atoms with E-state index in [0.29, 0.717) is 18.8 Å². The zero-order chi connectivity index (χ0) is 20.5. The smallest absolute Gasteiger partial charge is 0.302 e. The van der Waals surface area contributed by atoms with Crippen molar-refractivity contribution in [1.29, 1.82) is 0 Å². The molecule has 28 heavy (non-hydrogen) atoms. The van der Waals surface area contributed by atoms with Gasteiger partial charge in [0.2, 0.25) is 0 Å². The fraction of sp³-hybridized carbons (Fsp3) is 0.870. The van der Waals surface area contributed by atoms with Gasteiger partial charge in [-0.15, -0.1) is 0 Å². The fourth-order valence-electron chi connectivity index (χ4n) is 7.96. The van der Waals surface area contributed by atoms with Crippen LogP contribution < -0.4 is 0 Å². The van der Waals surface area contributed by atoms with Crippen LogP contribution in [0.2, 0.25) is 0 Å². The summed E-state index contributed by atoms with van der Waals surface area (Å²) in [7, 11) is 0. The topological polar surface area (TPSA) is 80.7 Å². The van der Waals surface area contributed by atoms with Gasteiger partial charge in [-0.25, -0.2) is 0 Å². The molecule has 0 radical (unpaired) electrons. The summed E-state index contributed by atoms with van der Waals surface area (Å²) in [5.74, 6) is 0.722. The van der Waals surface area contributed by atoms with Crippen molar-refractivity contribution in [3.05, 3.63) is 0 Å². The van der Waals surface area contributed by atoms with E-state index in [-0.39, 0.29) is 46.8 Å². The number of hydrogen-bond acceptors (Lipinski definition) is 5. The lowest BCUT2D eigenvalue weighted by Crippen LogP contribution is -2.61. The standard InChI is InChI=1S/C23H34O5/c1-13(24)23(27)10-8-18-17-6-5-15-11-16(28-14(2)25)7-9-21(15,3)20(17)19(26)12-22(18,23)4/h15-18,20,27H,5-12H2,1-4H3/t15-,16+,17+,18+,20-,21-,22+,23+/m0/s1. The van der Waals surface area contributed by atoms with Crippen LogP contribution in [0.5, 0.6) is 0 Å². The van der Waals surface area contributed by atoms with Gasteiger partial charge in [-0.05, 0) is 75.0 Å². The summed E-state index contributed by atoms with van der Waals surface area (Å²) in [4.78, 5) is 37.2. The summed E-state index contributed by atoms with van der Waals surface area (Å²) in [6.45, 7) is 7.18. The van der Waals surface area contributed by atoms with E-state index < -0.39 is 11.0 Å². The van der Waals surface area contributed by atoms with E-state index in [4.69, 9.17) is 4.74 Å². The third kappa shape index (κ3) is 2.57. The maximum Gasteiger partial charge on any atom is 0.302 e. The second-order valence-electron chi connectivity index (χ2n) is 10.5. The van der Waals surface area contributed by atoms with E-state index in [9.17, 15) is 19.5 Å². The number of fused-ring (bicyclic) bond motifs is 5. The number of esters is 1. The van der Waals surface area contributed by atoms with Crippen molar-refractivity contribution in [3.8, 4) is 0 Å². The molecule has 0 aromatic rings. The summed E-state index contributed by atoms with van der Waals surface area (Å²) in [6.07, 6.45) is 6.19. The highest BCUT2D eigenvalue weighted by atomic mass is 16.5. The SMILES string of the molecule is CC(=O)O[C@@H]1CC[C@@]2(C)[C@@H](CC[C@H]3[C@H]2C(=O)C[C@]2(C)[C@@H]3CC[C@@]2(O)C(C)=O)C1. The molecule has 4 aliphatic rings. The van der Waals surface area contributed by atoms with Crippen molar-refractivity contribution >= 4 is 17.5 Å². The number of ether oxygens (including phenoxy) is 1. The van der Waals surface area contributed by atoms with E-state index >= 15 is 0 Å². The van der Waals surface area contributed by atoms with Crippen molar-refractivity contribution < 1.29 is 24.2 Å². The molecule has 4 aliphatic carbocycles. The minimum atomic E-state index is -1.36. The summed E-state index contributed by atoms with van der Waals surface area (Å²) < 4.78 is 5.49. The van der Waals surface area contributed by atoms with Crippen LogP contribution in [0, 0.1) is 34.5 Å². The lowest BCUT2D eigenvalue weighted by Gasteiger charge is -2.60. The maximum absolute atomic E-state index is 13.5. The van der Waals surface area contributed by atoms with Gasteiger partial charge in [-0.1, -0.05) is 13.8 Å². The Balaban J connectivity index is 1.63. The van der Waals surface area contributed by atoms with E-state index in [1.165, 1.54) is 13.8 Å². The number of Topliss-reactive ketones (excluding diaryl/α,β-unsaturated/α-hetero) is 2. The second kappa shape index (κ2) is 6.38. The first-order valence-corrected chi connectivity index (χ1v) is 11.0. The van der Waals surface area contributed by atoms with Gasteiger partial charge in [0.25, 0.3) is 0 Å². The molecule has 0 aliphatic heterocycles. The molecular weight excluding hydrogens is 356 g/mol. The average molecular weight is 391 g/mol. The Morgan fingerprint density at radius 1 is 1.07 bits per heavy atom. The predicted octanol–water partition coefficient (Wildman–Crippen LogP) is 3.46. The van der Waals surface area contributed by atoms with Crippen LogP contribution in [0.1, 0.15) is 79.1 Å². The van der Waals surface area contributed by atoms with E-state index in [1.54, 1.807) is 0 Å². The molecule has 4 saturated carbocycles. The molecule has 1 N–H and O–H groups in total. The molecule has 156 valence electrons. The Morgan fingerprint density at radius 3 is 2.43 bits per heavy atom. The first-order chi connectivity index (χ1) is 13.0. The highest BCUT2D eigenvalue weighted by Crippen LogP contribution is 2.67. The number of carbonyl (C=O) groups is 3. The normalized spacial score (nSPS) is 50.3. The minimum Gasteiger partial charge on any atom is -0.463 e. The molecule has 0 bridgehead atoms. The van der Waals surface area contributed by atoms with E-state index in [0.717, 1.165) is 38.5 Å². The summed E-state index contributed by atoms with van der Waals surface area (Å²) >= 11 is 0. The summed E-state index contributed by atoms with van der Waals surface area (Å²) in [5, 5.41) is 11.2. The number of rotatable bonds is 2. The van der Waals surface area contributed by atoms with Gasteiger partial charge >= 0.3 is 5.97 Å². The van der Waals surface area contributed by atoms with E-state index in [1.807, 2.05) is 6.92 Å². The fourth-order valence-corrected chi connectivity index (χ4v) is 7.96. The number of hydrogen-bond donors (Lipinski definition) is 1. The van der Waals surface area contributed by atoms with Crippen molar-refractivity contribution in [2.45, 2.75) is 90.8 Å². The monoisotopic (exact) mass is 390 g/mol. The quantitative estimate of drug-likeness (QED) is 0.730. The van der Waals surface area contributed by atoms with Crippen molar-refractivity contribution in [2.24, 2.45) is 34.5 Å². The number of ketones is 2. The van der Waals surface area contributed by atoms with Crippen molar-refractivity contribution in [1.82, 2.24) is 0 Å². The zero-order valence-electron chi connectivity index (χ0n) is 17.6. The van der Waals surface area contributed by atoms with Crippen LogP contribution in [0.25, 0.3) is 0 Å². The van der Waals surface area contributed by atoms with Crippen LogP contribution in [-0.4, -0.2) is 34.3 Å². The van der Waals surface area contributed by atoms with Crippen molar-refractivity contribution in [2.75, 3.05) is 0 Å². The van der Waals surface area contributed by atoms with Gasteiger partial charge in [0, 0.05) is 24.7 Å². The first-order valence-electron chi connectivity index (χ1n) is 11.0. The van der Waals surface area contributed by atoms with Gasteiger partial charge in [0.05, 0.1) is 0 Å². The lowest BCUT2D eigenvalue weighted by atomic mass is 9.44. The predicted molar refractivity (Wildman–Crippen MR) is 103 cm³/mol. The molecule has 0 saturated heterocycles. The Hall–Kier alpha value is -1.23. The summed E-state index contributed by atoms with van der Waals surface area (Å²) in [5.41, 5.74) is -2.05. The van der Waals surface area contributed by atoms with Gasteiger partial charge in [0.1, 0.15) is 17.5 Å². The van der Waals surface area contributed by atoms with Gasteiger partial charge in [-0.2, -0.15) is 0 Å². The molecule has 5 heteroatoms. The maximum atomic E-state index is 13.5. The average Bonchev–Trinajstić information content (AvgIpc) is 2.86. The molecule has 8 atom stereocenters. The highest BCUT2D eigenvalue weighted by molar-refractivity contribution is 5.90. The third-order valence-corrected chi connectivity index (χ3v) is 9.37. The molecule has 0 heterocycles. The van der Waals surface area contributed by atoms with Crippen LogP contribution in [0.3, 0.4) is 0 Å². The van der Waals surface area contributed by atoms with Gasteiger partial charge in [-0.3, -0.25) is 14.4 Å². The zero-order valence-corrected chi connectivity index (χ0v) is 17.6.